The highest BCUT2D eigenvalue weighted by Gasteiger charge is 2.43. The molecule has 1 aliphatic heterocycles. The monoisotopic (exact) mass is 406 g/mol. The molecule has 25 heavy (non-hydrogen) atoms. The van der Waals surface area contributed by atoms with Crippen LogP contribution in [0.2, 0.25) is 0 Å². The van der Waals surface area contributed by atoms with Gasteiger partial charge in [-0.15, -0.1) is 0 Å². The summed E-state index contributed by atoms with van der Waals surface area (Å²) in [6.07, 6.45) is 0. The van der Waals surface area contributed by atoms with Crippen molar-refractivity contribution in [1.82, 2.24) is 4.90 Å². The van der Waals surface area contributed by atoms with Crippen molar-refractivity contribution in [3.63, 3.8) is 0 Å². The first-order valence-electron chi connectivity index (χ1n) is 7.76. The molecule has 130 valence electrons. The highest BCUT2D eigenvalue weighted by Crippen LogP contribution is 2.26. The molecular formula is C18H16BrFN2O3. The van der Waals surface area contributed by atoms with E-state index in [1.165, 1.54) is 29.2 Å². The summed E-state index contributed by atoms with van der Waals surface area (Å²) in [4.78, 5) is 27.5. The minimum Gasteiger partial charge on any atom is -0.492 e. The summed E-state index contributed by atoms with van der Waals surface area (Å²) in [5.74, 6) is -0.0438. The van der Waals surface area contributed by atoms with Crippen molar-refractivity contribution in [3.05, 3.63) is 58.8 Å². The number of urea groups is 1. The second kappa shape index (κ2) is 7.23. The van der Waals surface area contributed by atoms with Gasteiger partial charge in [-0.05, 0) is 49.4 Å². The Balaban J connectivity index is 1.67. The highest BCUT2D eigenvalue weighted by molar-refractivity contribution is 9.10. The predicted molar refractivity (Wildman–Crippen MR) is 95.1 cm³/mol. The third kappa shape index (κ3) is 3.66. The molecular weight excluding hydrogens is 391 g/mol. The van der Waals surface area contributed by atoms with Crippen molar-refractivity contribution < 1.29 is 18.7 Å². The van der Waals surface area contributed by atoms with Gasteiger partial charge in [0.25, 0.3) is 5.91 Å². The van der Waals surface area contributed by atoms with Crippen molar-refractivity contribution in [2.24, 2.45) is 0 Å². The lowest BCUT2D eigenvalue weighted by molar-refractivity contribution is -0.127. The molecule has 2 aromatic rings. The van der Waals surface area contributed by atoms with Gasteiger partial charge in [-0.2, -0.15) is 0 Å². The molecule has 5 nitrogen and oxygen atoms in total. The Morgan fingerprint density at radius 2 is 1.88 bits per heavy atom. The first-order valence-corrected chi connectivity index (χ1v) is 8.55. The molecule has 1 heterocycles. The number of hydrogen-bond donors (Lipinski definition) is 0. The SMILES string of the molecule is C[C@@H]1C(=O)N(CCOc2cccc(Br)c2)C(=O)N1c1ccc(F)cc1. The molecule has 1 atom stereocenters. The normalized spacial score (nSPS) is 17.3. The molecule has 0 unspecified atom stereocenters. The molecule has 1 saturated heterocycles. The number of carbonyl (C=O) groups is 2. The fourth-order valence-corrected chi connectivity index (χ4v) is 3.06. The van der Waals surface area contributed by atoms with Gasteiger partial charge in [0.2, 0.25) is 0 Å². The van der Waals surface area contributed by atoms with Crippen molar-refractivity contribution in [1.29, 1.82) is 0 Å². The Hall–Kier alpha value is -2.41. The van der Waals surface area contributed by atoms with Gasteiger partial charge in [0.05, 0.1) is 6.54 Å². The van der Waals surface area contributed by atoms with E-state index < -0.39 is 17.9 Å². The number of benzene rings is 2. The second-order valence-corrected chi connectivity index (χ2v) is 6.52. The molecule has 2 aromatic carbocycles. The summed E-state index contributed by atoms with van der Waals surface area (Å²) in [7, 11) is 0. The maximum absolute atomic E-state index is 13.1. The molecule has 0 N–H and O–H groups in total. The van der Waals surface area contributed by atoms with E-state index in [1.54, 1.807) is 19.1 Å². The Kier molecular flexibility index (Phi) is 5.03. The van der Waals surface area contributed by atoms with E-state index >= 15 is 0 Å². The second-order valence-electron chi connectivity index (χ2n) is 5.60. The molecule has 0 aliphatic carbocycles. The van der Waals surface area contributed by atoms with Gasteiger partial charge in [-0.25, -0.2) is 9.18 Å². The van der Waals surface area contributed by atoms with Crippen LogP contribution in [-0.4, -0.2) is 36.0 Å². The van der Waals surface area contributed by atoms with Crippen molar-refractivity contribution in [3.8, 4) is 5.75 Å². The quantitative estimate of drug-likeness (QED) is 0.709. The van der Waals surface area contributed by atoms with E-state index in [0.717, 1.165) is 9.37 Å². The maximum atomic E-state index is 13.1. The number of anilines is 1. The van der Waals surface area contributed by atoms with E-state index in [-0.39, 0.29) is 19.1 Å². The molecule has 0 radical (unpaired) electrons. The number of amides is 3. The molecule has 0 bridgehead atoms. The van der Waals surface area contributed by atoms with E-state index in [4.69, 9.17) is 4.74 Å². The molecule has 0 aromatic heterocycles. The van der Waals surface area contributed by atoms with Crippen molar-refractivity contribution in [2.45, 2.75) is 13.0 Å². The first-order chi connectivity index (χ1) is 12.0. The summed E-state index contributed by atoms with van der Waals surface area (Å²) in [5, 5.41) is 0. The highest BCUT2D eigenvalue weighted by atomic mass is 79.9. The summed E-state index contributed by atoms with van der Waals surface area (Å²) in [6.45, 7) is 1.99. The molecule has 1 aliphatic rings. The van der Waals surface area contributed by atoms with Crippen LogP contribution in [0.4, 0.5) is 14.9 Å². The number of nitrogens with zero attached hydrogens (tertiary/aromatic N) is 2. The van der Waals surface area contributed by atoms with Gasteiger partial charge >= 0.3 is 6.03 Å². The van der Waals surface area contributed by atoms with Crippen LogP contribution in [0.15, 0.2) is 53.0 Å². The smallest absolute Gasteiger partial charge is 0.332 e. The van der Waals surface area contributed by atoms with Gasteiger partial charge < -0.3 is 4.74 Å². The van der Waals surface area contributed by atoms with Crippen LogP contribution in [-0.2, 0) is 4.79 Å². The lowest BCUT2D eigenvalue weighted by Gasteiger charge is -2.19. The van der Waals surface area contributed by atoms with Crippen LogP contribution in [0, 0.1) is 5.82 Å². The predicted octanol–water partition coefficient (Wildman–Crippen LogP) is 3.82. The minimum atomic E-state index is -0.635. The molecule has 3 rings (SSSR count). The number of rotatable bonds is 5. The van der Waals surface area contributed by atoms with Crippen LogP contribution in [0.3, 0.4) is 0 Å². The number of imide groups is 1. The van der Waals surface area contributed by atoms with Gasteiger partial charge in [0.15, 0.2) is 0 Å². The number of ether oxygens (including phenoxy) is 1. The van der Waals surface area contributed by atoms with Crippen LogP contribution in [0.1, 0.15) is 6.92 Å². The summed E-state index contributed by atoms with van der Waals surface area (Å²) in [5.41, 5.74) is 0.489. The molecule has 3 amide bonds. The first kappa shape index (κ1) is 17.4. The molecule has 0 saturated carbocycles. The van der Waals surface area contributed by atoms with E-state index in [9.17, 15) is 14.0 Å². The summed E-state index contributed by atoms with van der Waals surface area (Å²) < 4.78 is 19.6. The fraction of sp³-hybridized carbons (Fsp3) is 0.222. The standard InChI is InChI=1S/C18H16BrFN2O3/c1-12-17(23)21(9-10-25-16-4-2-3-13(19)11-16)18(24)22(12)15-7-5-14(20)6-8-15/h2-8,11-12H,9-10H2,1H3/t12-/m1/s1. The zero-order valence-electron chi connectivity index (χ0n) is 13.5. The number of halogens is 2. The molecule has 0 spiro atoms. The van der Waals surface area contributed by atoms with Gasteiger partial charge in [-0.1, -0.05) is 22.0 Å². The van der Waals surface area contributed by atoms with Crippen LogP contribution >= 0.6 is 15.9 Å². The number of hydrogen-bond acceptors (Lipinski definition) is 3. The zero-order chi connectivity index (χ0) is 18.0. The van der Waals surface area contributed by atoms with Gasteiger partial charge in [0, 0.05) is 10.2 Å². The third-order valence-corrected chi connectivity index (χ3v) is 4.43. The largest absolute Gasteiger partial charge is 0.492 e. The Labute approximate surface area is 153 Å². The van der Waals surface area contributed by atoms with Crippen LogP contribution in [0.5, 0.6) is 5.75 Å². The Morgan fingerprint density at radius 1 is 1.16 bits per heavy atom. The Bertz CT molecular complexity index is 797. The van der Waals surface area contributed by atoms with E-state index in [2.05, 4.69) is 15.9 Å². The van der Waals surface area contributed by atoms with Crippen LogP contribution in [0.25, 0.3) is 0 Å². The number of carbonyl (C=O) groups excluding carboxylic acids is 2. The van der Waals surface area contributed by atoms with Crippen LogP contribution < -0.4 is 9.64 Å². The molecule has 7 heteroatoms. The van der Waals surface area contributed by atoms with Gasteiger partial charge in [0.1, 0.15) is 24.2 Å². The lowest BCUT2D eigenvalue weighted by Crippen LogP contribution is -2.36. The van der Waals surface area contributed by atoms with E-state index in [1.807, 2.05) is 12.1 Å². The molecule has 1 fully saturated rings. The maximum Gasteiger partial charge on any atom is 0.332 e. The van der Waals surface area contributed by atoms with Crippen molar-refractivity contribution in [2.75, 3.05) is 18.1 Å². The lowest BCUT2D eigenvalue weighted by atomic mass is 10.2. The summed E-state index contributed by atoms with van der Waals surface area (Å²) in [6, 6.07) is 11.7. The minimum absolute atomic E-state index is 0.145. The average molecular weight is 407 g/mol. The topological polar surface area (TPSA) is 49.9 Å². The van der Waals surface area contributed by atoms with E-state index in [0.29, 0.717) is 11.4 Å². The van der Waals surface area contributed by atoms with Crippen molar-refractivity contribution >= 4 is 33.6 Å². The third-order valence-electron chi connectivity index (χ3n) is 3.93. The zero-order valence-corrected chi connectivity index (χ0v) is 15.1. The summed E-state index contributed by atoms with van der Waals surface area (Å²) >= 11 is 3.35. The fourth-order valence-electron chi connectivity index (χ4n) is 2.68. The average Bonchev–Trinajstić information content (AvgIpc) is 2.79. The Morgan fingerprint density at radius 3 is 2.56 bits per heavy atom. The van der Waals surface area contributed by atoms with Gasteiger partial charge in [-0.3, -0.25) is 14.6 Å².